The van der Waals surface area contributed by atoms with Crippen molar-refractivity contribution in [2.75, 3.05) is 12.4 Å². The molecule has 2 amide bonds. The van der Waals surface area contributed by atoms with Crippen LogP contribution >= 0.6 is 0 Å². The highest BCUT2D eigenvalue weighted by Crippen LogP contribution is 2.24. The van der Waals surface area contributed by atoms with Crippen LogP contribution in [0.5, 0.6) is 0 Å². The summed E-state index contributed by atoms with van der Waals surface area (Å²) in [6, 6.07) is 15.3. The van der Waals surface area contributed by atoms with E-state index >= 15 is 0 Å². The minimum Gasteiger partial charge on any atom is -0.354 e. The molecule has 0 saturated carbocycles. The van der Waals surface area contributed by atoms with E-state index < -0.39 is 0 Å². The molecule has 0 bridgehead atoms. The van der Waals surface area contributed by atoms with E-state index in [0.29, 0.717) is 22.5 Å². The van der Waals surface area contributed by atoms with Gasteiger partial charge >= 0.3 is 0 Å². The predicted octanol–water partition coefficient (Wildman–Crippen LogP) is 4.08. The number of aryl methyl sites for hydroxylation is 1. The second-order valence-electron chi connectivity index (χ2n) is 6.86. The Kier molecular flexibility index (Phi) is 5.02. The molecule has 2 aromatic carbocycles. The first-order valence-corrected chi connectivity index (χ1v) is 9.33. The minimum absolute atomic E-state index is 0.255. The number of anilines is 1. The molecule has 7 heteroatoms. The summed E-state index contributed by atoms with van der Waals surface area (Å²) in [4.78, 5) is 28.4. The van der Waals surface area contributed by atoms with Gasteiger partial charge in [0.2, 0.25) is 0 Å². The van der Waals surface area contributed by atoms with Crippen LogP contribution in [0.4, 0.5) is 10.1 Å². The summed E-state index contributed by atoms with van der Waals surface area (Å²) in [6.45, 7) is 1.62. The van der Waals surface area contributed by atoms with Gasteiger partial charge in [0, 0.05) is 41.8 Å². The molecule has 30 heavy (non-hydrogen) atoms. The van der Waals surface area contributed by atoms with Gasteiger partial charge in [-0.1, -0.05) is 0 Å². The molecule has 150 valence electrons. The Morgan fingerprint density at radius 3 is 2.60 bits per heavy atom. The summed E-state index contributed by atoms with van der Waals surface area (Å²) < 4.78 is 15.4. The lowest BCUT2D eigenvalue weighted by molar-refractivity contribution is 0.0957. The summed E-state index contributed by atoms with van der Waals surface area (Å²) >= 11 is 0. The number of carbonyl (C=O) groups excluding carboxylic acids is 2. The average molecular weight is 402 g/mol. The molecule has 4 rings (SSSR count). The fourth-order valence-electron chi connectivity index (χ4n) is 3.26. The van der Waals surface area contributed by atoms with E-state index in [1.54, 1.807) is 32.3 Å². The predicted molar refractivity (Wildman–Crippen MR) is 114 cm³/mol. The van der Waals surface area contributed by atoms with Gasteiger partial charge in [-0.05, 0) is 67.1 Å². The Bertz CT molecular complexity index is 1280. The lowest BCUT2D eigenvalue weighted by Crippen LogP contribution is -2.19. The summed E-state index contributed by atoms with van der Waals surface area (Å²) in [5.41, 5.74) is 3.49. The number of hydrogen-bond acceptors (Lipinski definition) is 3. The number of halogens is 1. The van der Waals surface area contributed by atoms with E-state index in [-0.39, 0.29) is 17.6 Å². The van der Waals surface area contributed by atoms with E-state index in [1.165, 1.54) is 18.2 Å². The largest absolute Gasteiger partial charge is 0.354 e. The number of pyridine rings is 1. The molecule has 0 spiro atoms. The maximum absolute atomic E-state index is 13.4. The van der Waals surface area contributed by atoms with Gasteiger partial charge in [0.25, 0.3) is 11.8 Å². The van der Waals surface area contributed by atoms with Crippen LogP contribution in [-0.2, 0) is 0 Å². The number of carbonyl (C=O) groups is 2. The second kappa shape index (κ2) is 7.79. The van der Waals surface area contributed by atoms with Crippen LogP contribution < -0.4 is 10.6 Å². The zero-order chi connectivity index (χ0) is 21.3. The molecule has 0 saturated heterocycles. The number of aromatic nitrogens is 2. The monoisotopic (exact) mass is 402 g/mol. The third-order valence-corrected chi connectivity index (χ3v) is 4.85. The molecule has 0 aliphatic heterocycles. The van der Waals surface area contributed by atoms with Crippen molar-refractivity contribution in [2.45, 2.75) is 6.92 Å². The van der Waals surface area contributed by atoms with Crippen LogP contribution in [0.3, 0.4) is 0 Å². The highest BCUT2D eigenvalue weighted by atomic mass is 19.1. The topological polar surface area (TPSA) is 76.0 Å². The molecule has 0 unspecified atom stereocenters. The number of benzene rings is 2. The Morgan fingerprint density at radius 2 is 1.83 bits per heavy atom. The van der Waals surface area contributed by atoms with Crippen molar-refractivity contribution in [3.8, 4) is 5.69 Å². The standard InChI is InChI=1S/C23H19FN4O2/c1-14-11-16(3-5-19(14)24)22(29)27-17-4-6-21-15(12-17)8-10-28(21)18-7-9-26-20(13-18)23(30)25-2/h3-13H,1-2H3,(H,25,30)(H,27,29). The molecule has 2 heterocycles. The van der Waals surface area contributed by atoms with Gasteiger partial charge in [-0.25, -0.2) is 4.39 Å². The third-order valence-electron chi connectivity index (χ3n) is 4.85. The first kappa shape index (κ1) is 19.3. The van der Waals surface area contributed by atoms with Gasteiger partial charge in [0.1, 0.15) is 11.5 Å². The fraction of sp³-hybridized carbons (Fsp3) is 0.0870. The van der Waals surface area contributed by atoms with Crippen LogP contribution in [0.25, 0.3) is 16.6 Å². The summed E-state index contributed by atoms with van der Waals surface area (Å²) in [7, 11) is 1.56. The SMILES string of the molecule is CNC(=O)c1cc(-n2ccc3cc(NC(=O)c4ccc(F)c(C)c4)ccc32)ccn1. The van der Waals surface area contributed by atoms with Gasteiger partial charge in [0.05, 0.1) is 5.52 Å². The van der Waals surface area contributed by atoms with Gasteiger partial charge in [-0.15, -0.1) is 0 Å². The summed E-state index contributed by atoms with van der Waals surface area (Å²) in [5, 5.41) is 6.33. The summed E-state index contributed by atoms with van der Waals surface area (Å²) in [6.07, 6.45) is 3.48. The molecule has 0 aliphatic rings. The van der Waals surface area contributed by atoms with Crippen LogP contribution in [0, 0.1) is 12.7 Å². The molecule has 0 aliphatic carbocycles. The van der Waals surface area contributed by atoms with Crippen molar-refractivity contribution < 1.29 is 14.0 Å². The third kappa shape index (κ3) is 3.65. The number of nitrogens with zero attached hydrogens (tertiary/aromatic N) is 2. The Balaban J connectivity index is 1.62. The molecular formula is C23H19FN4O2. The Morgan fingerprint density at radius 1 is 1.00 bits per heavy atom. The van der Waals surface area contributed by atoms with Crippen molar-refractivity contribution in [1.82, 2.24) is 14.9 Å². The maximum Gasteiger partial charge on any atom is 0.269 e. The molecule has 2 N–H and O–H groups in total. The van der Waals surface area contributed by atoms with Crippen molar-refractivity contribution >= 4 is 28.4 Å². The Hall–Kier alpha value is -4.00. The molecule has 2 aromatic heterocycles. The van der Waals surface area contributed by atoms with E-state index in [0.717, 1.165) is 16.6 Å². The van der Waals surface area contributed by atoms with Gasteiger partial charge in [0.15, 0.2) is 0 Å². The molecule has 0 fully saturated rings. The van der Waals surface area contributed by atoms with Crippen LogP contribution in [0.15, 0.2) is 67.0 Å². The van der Waals surface area contributed by atoms with Crippen LogP contribution in [-0.4, -0.2) is 28.4 Å². The minimum atomic E-state index is -0.343. The van der Waals surface area contributed by atoms with E-state index in [1.807, 2.05) is 35.0 Å². The smallest absolute Gasteiger partial charge is 0.269 e. The highest BCUT2D eigenvalue weighted by Gasteiger charge is 2.11. The quantitative estimate of drug-likeness (QED) is 0.540. The van der Waals surface area contributed by atoms with E-state index in [2.05, 4.69) is 15.6 Å². The number of amides is 2. The van der Waals surface area contributed by atoms with Gasteiger partial charge in [-0.2, -0.15) is 0 Å². The number of hydrogen-bond donors (Lipinski definition) is 2. The second-order valence-corrected chi connectivity index (χ2v) is 6.86. The summed E-state index contributed by atoms with van der Waals surface area (Å²) in [5.74, 6) is -0.902. The van der Waals surface area contributed by atoms with Crippen molar-refractivity contribution in [3.63, 3.8) is 0 Å². The Labute approximate surface area is 172 Å². The lowest BCUT2D eigenvalue weighted by atomic mass is 10.1. The van der Waals surface area contributed by atoms with E-state index in [9.17, 15) is 14.0 Å². The molecule has 0 radical (unpaired) electrons. The molecule has 6 nitrogen and oxygen atoms in total. The van der Waals surface area contributed by atoms with Crippen LogP contribution in [0.2, 0.25) is 0 Å². The normalized spacial score (nSPS) is 10.8. The number of rotatable bonds is 4. The molecule has 4 aromatic rings. The zero-order valence-electron chi connectivity index (χ0n) is 16.4. The first-order chi connectivity index (χ1) is 14.5. The highest BCUT2D eigenvalue weighted by molar-refractivity contribution is 6.05. The molecular weight excluding hydrogens is 383 g/mol. The van der Waals surface area contributed by atoms with Crippen molar-refractivity contribution in [2.24, 2.45) is 0 Å². The first-order valence-electron chi connectivity index (χ1n) is 9.33. The number of fused-ring (bicyclic) bond motifs is 1. The fourth-order valence-corrected chi connectivity index (χ4v) is 3.26. The zero-order valence-corrected chi connectivity index (χ0v) is 16.4. The molecule has 0 atom stereocenters. The average Bonchev–Trinajstić information content (AvgIpc) is 3.18. The maximum atomic E-state index is 13.4. The van der Waals surface area contributed by atoms with Crippen molar-refractivity contribution in [3.05, 3.63) is 89.6 Å². The van der Waals surface area contributed by atoms with E-state index in [4.69, 9.17) is 0 Å². The number of nitrogens with one attached hydrogen (secondary N) is 2. The van der Waals surface area contributed by atoms with Crippen LogP contribution in [0.1, 0.15) is 26.4 Å². The lowest BCUT2D eigenvalue weighted by Gasteiger charge is -2.09. The van der Waals surface area contributed by atoms with Crippen molar-refractivity contribution in [1.29, 1.82) is 0 Å². The van der Waals surface area contributed by atoms with Gasteiger partial charge < -0.3 is 15.2 Å². The van der Waals surface area contributed by atoms with Gasteiger partial charge in [-0.3, -0.25) is 14.6 Å².